The average molecular weight is 319 g/mol. The van der Waals surface area contributed by atoms with Gasteiger partial charge in [0.25, 0.3) is 0 Å². The second-order valence-electron chi connectivity index (χ2n) is 5.92. The maximum Gasteiger partial charge on any atom is 0.0524 e. The predicted octanol–water partition coefficient (Wildman–Crippen LogP) is 3.64. The lowest BCUT2D eigenvalue weighted by Crippen LogP contribution is -2.23. The number of aromatic nitrogens is 1. The number of aryl methyl sites for hydroxylation is 2. The summed E-state index contributed by atoms with van der Waals surface area (Å²) in [6.45, 7) is 2.36. The number of nitrogens with one attached hydrogen (secondary N) is 1. The Morgan fingerprint density at radius 1 is 1.32 bits per heavy atom. The van der Waals surface area contributed by atoms with E-state index in [1.807, 2.05) is 0 Å². The summed E-state index contributed by atoms with van der Waals surface area (Å²) in [6.07, 6.45) is 8.61. The molecule has 3 heterocycles. The van der Waals surface area contributed by atoms with Crippen LogP contribution in [0.1, 0.15) is 30.4 Å². The molecule has 100 valence electrons. The molecule has 2 aliphatic rings. The summed E-state index contributed by atoms with van der Waals surface area (Å²) in [6, 6.07) is 5.53. The van der Waals surface area contributed by atoms with E-state index < -0.39 is 0 Å². The van der Waals surface area contributed by atoms with Gasteiger partial charge in [-0.1, -0.05) is 6.07 Å². The molecule has 0 saturated carbocycles. The lowest BCUT2D eigenvalue weighted by Gasteiger charge is -2.18. The van der Waals surface area contributed by atoms with Gasteiger partial charge in [0.1, 0.15) is 0 Å². The van der Waals surface area contributed by atoms with Crippen LogP contribution in [-0.2, 0) is 19.4 Å². The van der Waals surface area contributed by atoms with Crippen LogP contribution in [0.25, 0.3) is 10.9 Å². The minimum atomic E-state index is 0.689. The SMILES string of the molecule is Brc1cn2c3c(cc(CC4CCCN4)cc13)CCC2. The molecule has 0 radical (unpaired) electrons. The third kappa shape index (κ3) is 2.03. The number of hydrogen-bond donors (Lipinski definition) is 1. The van der Waals surface area contributed by atoms with Crippen LogP contribution in [0.2, 0.25) is 0 Å². The Labute approximate surface area is 122 Å². The molecule has 0 bridgehead atoms. The zero-order valence-corrected chi connectivity index (χ0v) is 12.7. The Morgan fingerprint density at radius 3 is 3.11 bits per heavy atom. The van der Waals surface area contributed by atoms with E-state index in [2.05, 4.69) is 44.1 Å². The van der Waals surface area contributed by atoms with Crippen molar-refractivity contribution in [2.24, 2.45) is 0 Å². The highest BCUT2D eigenvalue weighted by Gasteiger charge is 2.19. The second kappa shape index (κ2) is 4.64. The van der Waals surface area contributed by atoms with Gasteiger partial charge in [0.15, 0.2) is 0 Å². The summed E-state index contributed by atoms with van der Waals surface area (Å²) in [7, 11) is 0. The fourth-order valence-electron chi connectivity index (χ4n) is 3.69. The van der Waals surface area contributed by atoms with Gasteiger partial charge < -0.3 is 9.88 Å². The van der Waals surface area contributed by atoms with Crippen molar-refractivity contribution in [3.63, 3.8) is 0 Å². The van der Waals surface area contributed by atoms with Crippen molar-refractivity contribution in [2.75, 3.05) is 6.54 Å². The van der Waals surface area contributed by atoms with E-state index in [0.29, 0.717) is 6.04 Å². The third-order valence-electron chi connectivity index (χ3n) is 4.55. The van der Waals surface area contributed by atoms with Crippen molar-refractivity contribution < 1.29 is 0 Å². The standard InChI is InChI=1S/C16H19BrN2/c17-15-10-19-6-2-3-12-7-11(9-14(15)16(12)19)8-13-4-1-5-18-13/h7,9-10,13,18H,1-6,8H2. The van der Waals surface area contributed by atoms with Gasteiger partial charge in [0, 0.05) is 28.6 Å². The van der Waals surface area contributed by atoms with Crippen LogP contribution in [0.15, 0.2) is 22.8 Å². The highest BCUT2D eigenvalue weighted by atomic mass is 79.9. The van der Waals surface area contributed by atoms with Crippen LogP contribution in [-0.4, -0.2) is 17.2 Å². The first-order chi connectivity index (χ1) is 9.31. The molecule has 1 aromatic heterocycles. The largest absolute Gasteiger partial charge is 0.346 e. The molecule has 1 fully saturated rings. The normalized spacial score (nSPS) is 22.3. The number of hydrogen-bond acceptors (Lipinski definition) is 1. The second-order valence-corrected chi connectivity index (χ2v) is 6.78. The van der Waals surface area contributed by atoms with Crippen LogP contribution >= 0.6 is 15.9 Å². The fourth-order valence-corrected chi connectivity index (χ4v) is 4.24. The van der Waals surface area contributed by atoms with Gasteiger partial charge >= 0.3 is 0 Å². The predicted molar refractivity (Wildman–Crippen MR) is 82.7 cm³/mol. The number of benzene rings is 1. The molecule has 2 aliphatic heterocycles. The molecular formula is C16H19BrN2. The molecule has 0 amide bonds. The van der Waals surface area contributed by atoms with Crippen molar-refractivity contribution in [1.82, 2.24) is 9.88 Å². The molecule has 1 aromatic carbocycles. The molecule has 2 nitrogen and oxygen atoms in total. The minimum Gasteiger partial charge on any atom is -0.346 e. The maximum absolute atomic E-state index is 3.73. The van der Waals surface area contributed by atoms with E-state index in [1.54, 1.807) is 5.56 Å². The highest BCUT2D eigenvalue weighted by molar-refractivity contribution is 9.10. The molecule has 1 atom stereocenters. The Bertz CT molecular complexity index is 623. The van der Waals surface area contributed by atoms with Gasteiger partial charge in [-0.2, -0.15) is 0 Å². The van der Waals surface area contributed by atoms with Gasteiger partial charge in [0.2, 0.25) is 0 Å². The summed E-state index contributed by atoms with van der Waals surface area (Å²) in [4.78, 5) is 0. The first-order valence-electron chi connectivity index (χ1n) is 7.35. The quantitative estimate of drug-likeness (QED) is 0.894. The van der Waals surface area contributed by atoms with E-state index >= 15 is 0 Å². The number of halogens is 1. The lowest BCUT2D eigenvalue weighted by atomic mass is 9.96. The smallest absolute Gasteiger partial charge is 0.0524 e. The molecule has 3 heteroatoms. The minimum absolute atomic E-state index is 0.689. The van der Waals surface area contributed by atoms with Crippen LogP contribution in [0.5, 0.6) is 0 Å². The summed E-state index contributed by atoms with van der Waals surface area (Å²) in [5.41, 5.74) is 4.51. The zero-order chi connectivity index (χ0) is 12.8. The Kier molecular flexibility index (Phi) is 2.92. The van der Waals surface area contributed by atoms with E-state index in [0.717, 1.165) is 0 Å². The van der Waals surface area contributed by atoms with Gasteiger partial charge in [-0.15, -0.1) is 0 Å². The van der Waals surface area contributed by atoms with Crippen LogP contribution in [0, 0.1) is 0 Å². The summed E-state index contributed by atoms with van der Waals surface area (Å²) in [5, 5.41) is 5.02. The lowest BCUT2D eigenvalue weighted by molar-refractivity contribution is 0.601. The first kappa shape index (κ1) is 12.0. The molecule has 0 spiro atoms. The van der Waals surface area contributed by atoms with Crippen molar-refractivity contribution in [3.05, 3.63) is 33.9 Å². The van der Waals surface area contributed by atoms with Crippen molar-refractivity contribution >= 4 is 26.8 Å². The van der Waals surface area contributed by atoms with Gasteiger partial charge in [0.05, 0.1) is 5.52 Å². The monoisotopic (exact) mass is 318 g/mol. The Morgan fingerprint density at radius 2 is 2.26 bits per heavy atom. The summed E-state index contributed by atoms with van der Waals surface area (Å²) < 4.78 is 3.67. The van der Waals surface area contributed by atoms with Gasteiger partial charge in [-0.05, 0) is 71.8 Å². The van der Waals surface area contributed by atoms with Crippen molar-refractivity contribution in [2.45, 2.75) is 44.7 Å². The van der Waals surface area contributed by atoms with Crippen LogP contribution in [0.4, 0.5) is 0 Å². The molecule has 2 aromatic rings. The third-order valence-corrected chi connectivity index (χ3v) is 5.18. The van der Waals surface area contributed by atoms with Gasteiger partial charge in [-0.3, -0.25) is 0 Å². The van der Waals surface area contributed by atoms with E-state index in [4.69, 9.17) is 0 Å². The molecule has 0 aliphatic carbocycles. The van der Waals surface area contributed by atoms with E-state index in [9.17, 15) is 0 Å². The fraction of sp³-hybridized carbons (Fsp3) is 0.500. The average Bonchev–Trinajstić information content (AvgIpc) is 3.00. The molecule has 1 unspecified atom stereocenters. The molecule has 4 rings (SSSR count). The molecular weight excluding hydrogens is 300 g/mol. The molecule has 1 N–H and O–H groups in total. The highest BCUT2D eigenvalue weighted by Crippen LogP contribution is 2.34. The van der Waals surface area contributed by atoms with E-state index in [-0.39, 0.29) is 0 Å². The van der Waals surface area contributed by atoms with Crippen LogP contribution in [0.3, 0.4) is 0 Å². The van der Waals surface area contributed by atoms with E-state index in [1.165, 1.54) is 66.1 Å². The van der Waals surface area contributed by atoms with Crippen LogP contribution < -0.4 is 5.32 Å². The molecule has 1 saturated heterocycles. The Hall–Kier alpha value is -0.800. The Balaban J connectivity index is 1.78. The van der Waals surface area contributed by atoms with Crippen molar-refractivity contribution in [3.8, 4) is 0 Å². The number of nitrogens with zero attached hydrogens (tertiary/aromatic N) is 1. The maximum atomic E-state index is 3.73. The zero-order valence-electron chi connectivity index (χ0n) is 11.1. The topological polar surface area (TPSA) is 17.0 Å². The van der Waals surface area contributed by atoms with Crippen molar-refractivity contribution in [1.29, 1.82) is 0 Å². The summed E-state index contributed by atoms with van der Waals surface area (Å²) in [5.74, 6) is 0. The van der Waals surface area contributed by atoms with Gasteiger partial charge in [-0.25, -0.2) is 0 Å². The number of rotatable bonds is 2. The first-order valence-corrected chi connectivity index (χ1v) is 8.14. The molecule has 19 heavy (non-hydrogen) atoms. The summed E-state index contributed by atoms with van der Waals surface area (Å²) >= 11 is 3.73.